The number of rotatable bonds is 3. The summed E-state index contributed by atoms with van der Waals surface area (Å²) in [5, 5.41) is 3.17. The molecule has 0 aliphatic heterocycles. The van der Waals surface area contributed by atoms with Crippen LogP contribution in [0, 0.1) is 0 Å². The zero-order chi connectivity index (χ0) is 9.80. The second-order valence-corrected chi connectivity index (χ2v) is 3.61. The van der Waals surface area contributed by atoms with E-state index < -0.39 is 0 Å². The minimum Gasteiger partial charge on any atom is -0.306 e. The standard InChI is InChI=1S/C9H10N4S/c1-10-8(7-3-6-13-14-7)9-11-4-2-5-12-9/h2-6,8,10H,1H3. The van der Waals surface area contributed by atoms with Crippen LogP contribution in [-0.4, -0.2) is 21.4 Å². The highest BCUT2D eigenvalue weighted by Gasteiger charge is 2.15. The van der Waals surface area contributed by atoms with Crippen LogP contribution in [0.4, 0.5) is 0 Å². The van der Waals surface area contributed by atoms with E-state index in [0.29, 0.717) is 0 Å². The second-order valence-electron chi connectivity index (χ2n) is 2.74. The first-order chi connectivity index (χ1) is 6.92. The van der Waals surface area contributed by atoms with E-state index in [-0.39, 0.29) is 6.04 Å². The molecule has 0 fully saturated rings. The van der Waals surface area contributed by atoms with Gasteiger partial charge in [0, 0.05) is 23.5 Å². The molecule has 0 aliphatic carbocycles. The highest BCUT2D eigenvalue weighted by Crippen LogP contribution is 2.20. The topological polar surface area (TPSA) is 50.7 Å². The van der Waals surface area contributed by atoms with Gasteiger partial charge >= 0.3 is 0 Å². The Morgan fingerprint density at radius 1 is 1.29 bits per heavy atom. The van der Waals surface area contributed by atoms with Gasteiger partial charge in [-0.15, -0.1) is 0 Å². The molecule has 0 aliphatic rings. The maximum absolute atomic E-state index is 4.21. The van der Waals surface area contributed by atoms with Gasteiger partial charge in [0.2, 0.25) is 0 Å². The first-order valence-electron chi connectivity index (χ1n) is 4.26. The maximum Gasteiger partial charge on any atom is 0.150 e. The summed E-state index contributed by atoms with van der Waals surface area (Å²) in [6, 6.07) is 3.83. The van der Waals surface area contributed by atoms with Crippen molar-refractivity contribution < 1.29 is 0 Å². The van der Waals surface area contributed by atoms with Gasteiger partial charge in [0.1, 0.15) is 11.9 Å². The lowest BCUT2D eigenvalue weighted by atomic mass is 10.2. The fourth-order valence-corrected chi connectivity index (χ4v) is 1.93. The summed E-state index contributed by atoms with van der Waals surface area (Å²) in [6.07, 6.45) is 5.27. The number of hydrogen-bond donors (Lipinski definition) is 1. The van der Waals surface area contributed by atoms with Crippen LogP contribution in [-0.2, 0) is 0 Å². The Hall–Kier alpha value is -1.33. The lowest BCUT2D eigenvalue weighted by Crippen LogP contribution is -2.18. The molecule has 2 aromatic rings. The minimum atomic E-state index is 0.0451. The number of aromatic nitrogens is 3. The molecule has 0 amide bonds. The van der Waals surface area contributed by atoms with E-state index in [9.17, 15) is 0 Å². The van der Waals surface area contributed by atoms with Crippen LogP contribution < -0.4 is 5.32 Å². The SMILES string of the molecule is CNC(c1ncccn1)c1ccns1. The molecule has 0 aromatic carbocycles. The fourth-order valence-electron chi connectivity index (χ4n) is 1.23. The van der Waals surface area contributed by atoms with Crippen LogP contribution in [0.5, 0.6) is 0 Å². The van der Waals surface area contributed by atoms with Crippen molar-refractivity contribution in [2.75, 3.05) is 7.05 Å². The third-order valence-corrected chi connectivity index (χ3v) is 2.68. The van der Waals surface area contributed by atoms with Crippen molar-refractivity contribution in [2.45, 2.75) is 6.04 Å². The molecule has 1 atom stereocenters. The van der Waals surface area contributed by atoms with Crippen molar-refractivity contribution in [1.82, 2.24) is 19.7 Å². The molecule has 14 heavy (non-hydrogen) atoms. The smallest absolute Gasteiger partial charge is 0.150 e. The Morgan fingerprint density at radius 2 is 2.07 bits per heavy atom. The highest BCUT2D eigenvalue weighted by molar-refractivity contribution is 7.05. The quantitative estimate of drug-likeness (QED) is 0.821. The summed E-state index contributed by atoms with van der Waals surface area (Å²) >= 11 is 1.46. The van der Waals surface area contributed by atoms with Crippen molar-refractivity contribution >= 4 is 11.5 Å². The Bertz CT molecular complexity index is 373. The van der Waals surface area contributed by atoms with Gasteiger partial charge < -0.3 is 5.32 Å². The molecule has 0 saturated heterocycles. The molecular weight excluding hydrogens is 196 g/mol. The van der Waals surface area contributed by atoms with E-state index in [0.717, 1.165) is 10.7 Å². The zero-order valence-electron chi connectivity index (χ0n) is 7.71. The average molecular weight is 206 g/mol. The molecular formula is C9H10N4S. The molecule has 0 spiro atoms. The molecule has 72 valence electrons. The molecule has 0 radical (unpaired) electrons. The molecule has 1 N–H and O–H groups in total. The monoisotopic (exact) mass is 206 g/mol. The molecule has 2 heterocycles. The predicted octanol–water partition coefficient (Wildman–Crippen LogP) is 1.24. The normalized spacial score (nSPS) is 12.6. The van der Waals surface area contributed by atoms with Gasteiger partial charge in [0.25, 0.3) is 0 Å². The van der Waals surface area contributed by atoms with Gasteiger partial charge in [-0.25, -0.2) is 14.3 Å². The summed E-state index contributed by atoms with van der Waals surface area (Å²) in [4.78, 5) is 9.55. The van der Waals surface area contributed by atoms with Crippen LogP contribution >= 0.6 is 11.5 Å². The Balaban J connectivity index is 2.31. The van der Waals surface area contributed by atoms with E-state index in [1.165, 1.54) is 11.5 Å². The predicted molar refractivity (Wildman–Crippen MR) is 55.0 cm³/mol. The van der Waals surface area contributed by atoms with E-state index in [2.05, 4.69) is 19.7 Å². The minimum absolute atomic E-state index is 0.0451. The Labute approximate surface area is 86.2 Å². The molecule has 0 saturated carbocycles. The Kier molecular flexibility index (Phi) is 2.81. The number of nitrogens with zero attached hydrogens (tertiary/aromatic N) is 3. The lowest BCUT2D eigenvalue weighted by molar-refractivity contribution is 0.656. The lowest BCUT2D eigenvalue weighted by Gasteiger charge is -2.11. The molecule has 4 nitrogen and oxygen atoms in total. The summed E-state index contributed by atoms with van der Waals surface area (Å²) in [7, 11) is 1.89. The molecule has 0 bridgehead atoms. The van der Waals surface area contributed by atoms with Gasteiger partial charge in [-0.05, 0) is 30.7 Å². The molecule has 5 heteroatoms. The van der Waals surface area contributed by atoms with Crippen molar-refractivity contribution in [2.24, 2.45) is 0 Å². The summed E-state index contributed by atoms with van der Waals surface area (Å²) in [5.41, 5.74) is 0. The van der Waals surface area contributed by atoms with Crippen LogP contribution in [0.15, 0.2) is 30.7 Å². The number of nitrogens with one attached hydrogen (secondary N) is 1. The van der Waals surface area contributed by atoms with Gasteiger partial charge in [-0.1, -0.05) is 0 Å². The summed E-state index contributed by atoms with van der Waals surface area (Å²) in [5.74, 6) is 0.777. The van der Waals surface area contributed by atoms with Crippen molar-refractivity contribution in [3.05, 3.63) is 41.4 Å². The van der Waals surface area contributed by atoms with E-state index in [4.69, 9.17) is 0 Å². The summed E-state index contributed by atoms with van der Waals surface area (Å²) < 4.78 is 4.06. The molecule has 2 rings (SSSR count). The van der Waals surface area contributed by atoms with Crippen LogP contribution in [0.25, 0.3) is 0 Å². The van der Waals surface area contributed by atoms with Gasteiger partial charge in [-0.2, -0.15) is 0 Å². The molecule has 1 unspecified atom stereocenters. The maximum atomic E-state index is 4.21. The number of hydrogen-bond acceptors (Lipinski definition) is 5. The van der Waals surface area contributed by atoms with Crippen molar-refractivity contribution in [1.29, 1.82) is 0 Å². The van der Waals surface area contributed by atoms with Gasteiger partial charge in [0.15, 0.2) is 0 Å². The average Bonchev–Trinajstić information content (AvgIpc) is 2.74. The van der Waals surface area contributed by atoms with Gasteiger partial charge in [-0.3, -0.25) is 0 Å². The van der Waals surface area contributed by atoms with Crippen LogP contribution in [0.3, 0.4) is 0 Å². The van der Waals surface area contributed by atoms with Crippen LogP contribution in [0.2, 0.25) is 0 Å². The highest BCUT2D eigenvalue weighted by atomic mass is 32.1. The molecule has 2 aromatic heterocycles. The van der Waals surface area contributed by atoms with E-state index in [1.54, 1.807) is 18.6 Å². The van der Waals surface area contributed by atoms with Gasteiger partial charge in [0.05, 0.1) is 0 Å². The van der Waals surface area contributed by atoms with E-state index in [1.807, 2.05) is 19.2 Å². The fraction of sp³-hybridized carbons (Fsp3) is 0.222. The first-order valence-corrected chi connectivity index (χ1v) is 5.04. The van der Waals surface area contributed by atoms with Crippen molar-refractivity contribution in [3.8, 4) is 0 Å². The van der Waals surface area contributed by atoms with Crippen LogP contribution in [0.1, 0.15) is 16.7 Å². The largest absolute Gasteiger partial charge is 0.306 e. The van der Waals surface area contributed by atoms with E-state index >= 15 is 0 Å². The third-order valence-electron chi connectivity index (χ3n) is 1.87. The second kappa shape index (κ2) is 4.26. The summed E-state index contributed by atoms with van der Waals surface area (Å²) in [6.45, 7) is 0. The zero-order valence-corrected chi connectivity index (χ0v) is 8.53. The third kappa shape index (κ3) is 1.78. The van der Waals surface area contributed by atoms with Crippen molar-refractivity contribution in [3.63, 3.8) is 0 Å². The first kappa shape index (κ1) is 9.23. The Morgan fingerprint density at radius 3 is 2.64 bits per heavy atom.